The number of ether oxygens (including phenoxy) is 1. The predicted octanol–water partition coefficient (Wildman–Crippen LogP) is 2.79. The highest BCUT2D eigenvalue weighted by molar-refractivity contribution is 5.25. The molecule has 0 aliphatic carbocycles. The fraction of sp³-hybridized carbons (Fsp3) is 0.786. The molecule has 0 fully saturated rings. The summed E-state index contributed by atoms with van der Waals surface area (Å²) in [6.07, 6.45) is 3.89. The van der Waals surface area contributed by atoms with Gasteiger partial charge in [-0.1, -0.05) is 0 Å². The Morgan fingerprint density at radius 1 is 1.39 bits per heavy atom. The first-order valence-electron chi connectivity index (χ1n) is 6.70. The molecule has 0 aliphatic heterocycles. The quantitative estimate of drug-likeness (QED) is 0.792. The third-order valence-corrected chi connectivity index (χ3v) is 2.82. The maximum Gasteiger partial charge on any atom is 0.159 e. The molecule has 1 heterocycles. The summed E-state index contributed by atoms with van der Waals surface area (Å²) in [6, 6.07) is 0.375. The maximum atomic E-state index is 5.37. The number of aromatic nitrogens is 2. The van der Waals surface area contributed by atoms with Crippen molar-refractivity contribution in [3.05, 3.63) is 11.9 Å². The van der Waals surface area contributed by atoms with Gasteiger partial charge in [0.15, 0.2) is 5.75 Å². The Hall–Kier alpha value is -1.03. The van der Waals surface area contributed by atoms with Crippen LogP contribution < -0.4 is 10.1 Å². The van der Waals surface area contributed by atoms with Crippen LogP contribution in [0.4, 0.5) is 0 Å². The highest BCUT2D eigenvalue weighted by Crippen LogP contribution is 2.22. The van der Waals surface area contributed by atoms with E-state index < -0.39 is 0 Å². The highest BCUT2D eigenvalue weighted by atomic mass is 16.5. The first kappa shape index (κ1) is 15.0. The van der Waals surface area contributed by atoms with Gasteiger partial charge in [0, 0.05) is 11.6 Å². The summed E-state index contributed by atoms with van der Waals surface area (Å²) in [7, 11) is 1.71. The standard InChI is InChI=1S/C14H27N3O/c1-11(2)17-12(13(18-6)10-16-17)8-7-9-15-14(3,4)5/h10-11,15H,7-9H2,1-6H3. The molecule has 4 heteroatoms. The van der Waals surface area contributed by atoms with Crippen LogP contribution >= 0.6 is 0 Å². The summed E-state index contributed by atoms with van der Waals surface area (Å²) in [4.78, 5) is 0. The van der Waals surface area contributed by atoms with E-state index in [0.717, 1.165) is 25.1 Å². The molecule has 0 saturated carbocycles. The van der Waals surface area contributed by atoms with Crippen LogP contribution in [0.1, 0.15) is 52.8 Å². The van der Waals surface area contributed by atoms with E-state index >= 15 is 0 Å². The Balaban J connectivity index is 2.57. The highest BCUT2D eigenvalue weighted by Gasteiger charge is 2.14. The summed E-state index contributed by atoms with van der Waals surface area (Å²) in [5.74, 6) is 0.902. The molecule has 0 atom stereocenters. The van der Waals surface area contributed by atoms with Gasteiger partial charge in [-0.15, -0.1) is 0 Å². The molecule has 0 unspecified atom stereocenters. The lowest BCUT2D eigenvalue weighted by Gasteiger charge is -2.20. The molecule has 104 valence electrons. The number of nitrogens with zero attached hydrogens (tertiary/aromatic N) is 2. The third kappa shape index (κ3) is 4.33. The smallest absolute Gasteiger partial charge is 0.159 e. The lowest BCUT2D eigenvalue weighted by Crippen LogP contribution is -2.36. The monoisotopic (exact) mass is 253 g/mol. The van der Waals surface area contributed by atoms with Gasteiger partial charge in [0.1, 0.15) is 0 Å². The van der Waals surface area contributed by atoms with Crippen LogP contribution in [0.3, 0.4) is 0 Å². The minimum absolute atomic E-state index is 0.183. The minimum Gasteiger partial charge on any atom is -0.493 e. The molecule has 0 radical (unpaired) electrons. The van der Waals surface area contributed by atoms with Gasteiger partial charge in [-0.2, -0.15) is 5.10 Å². The number of hydrogen-bond donors (Lipinski definition) is 1. The number of hydrogen-bond acceptors (Lipinski definition) is 3. The number of methoxy groups -OCH3 is 1. The average molecular weight is 253 g/mol. The Morgan fingerprint density at radius 2 is 2.06 bits per heavy atom. The molecule has 1 rings (SSSR count). The SMILES string of the molecule is COc1cnn(C(C)C)c1CCCNC(C)(C)C. The van der Waals surface area contributed by atoms with Gasteiger partial charge in [-0.05, 0) is 54.0 Å². The first-order chi connectivity index (χ1) is 8.35. The van der Waals surface area contributed by atoms with Crippen molar-refractivity contribution in [1.82, 2.24) is 15.1 Å². The summed E-state index contributed by atoms with van der Waals surface area (Å²) >= 11 is 0. The van der Waals surface area contributed by atoms with Gasteiger partial charge < -0.3 is 10.1 Å². The second-order valence-electron chi connectivity index (χ2n) is 5.98. The van der Waals surface area contributed by atoms with Crippen LogP contribution in [-0.4, -0.2) is 29.0 Å². The van der Waals surface area contributed by atoms with Gasteiger partial charge in [-0.3, -0.25) is 4.68 Å². The molecule has 4 nitrogen and oxygen atoms in total. The maximum absolute atomic E-state index is 5.37. The van der Waals surface area contributed by atoms with E-state index in [0.29, 0.717) is 6.04 Å². The summed E-state index contributed by atoms with van der Waals surface area (Å²) < 4.78 is 7.42. The zero-order chi connectivity index (χ0) is 13.8. The lowest BCUT2D eigenvalue weighted by atomic mass is 10.1. The van der Waals surface area contributed by atoms with Crippen molar-refractivity contribution in [2.45, 2.75) is 59.0 Å². The third-order valence-electron chi connectivity index (χ3n) is 2.82. The lowest BCUT2D eigenvalue weighted by molar-refractivity contribution is 0.397. The molecule has 1 N–H and O–H groups in total. The van der Waals surface area contributed by atoms with Gasteiger partial charge >= 0.3 is 0 Å². The summed E-state index contributed by atoms with van der Waals surface area (Å²) in [5.41, 5.74) is 1.38. The number of rotatable bonds is 6. The van der Waals surface area contributed by atoms with Crippen molar-refractivity contribution in [3.8, 4) is 5.75 Å². The average Bonchev–Trinajstić information content (AvgIpc) is 2.66. The Bertz CT molecular complexity index is 364. The van der Waals surface area contributed by atoms with E-state index in [1.165, 1.54) is 5.69 Å². The van der Waals surface area contributed by atoms with Crippen molar-refractivity contribution in [1.29, 1.82) is 0 Å². The van der Waals surface area contributed by atoms with Gasteiger partial charge in [0.2, 0.25) is 0 Å². The minimum atomic E-state index is 0.183. The topological polar surface area (TPSA) is 39.1 Å². The Kier molecular flexibility index (Phi) is 5.20. The Labute approximate surface area is 111 Å². The van der Waals surface area contributed by atoms with Crippen LogP contribution in [0.15, 0.2) is 6.20 Å². The van der Waals surface area contributed by atoms with E-state index in [4.69, 9.17) is 4.74 Å². The second kappa shape index (κ2) is 6.23. The molecule has 18 heavy (non-hydrogen) atoms. The molecular formula is C14H27N3O. The van der Waals surface area contributed by atoms with Crippen LogP contribution in [0.25, 0.3) is 0 Å². The molecule has 1 aromatic rings. The van der Waals surface area contributed by atoms with Crippen LogP contribution in [0.5, 0.6) is 5.75 Å². The van der Waals surface area contributed by atoms with Crippen LogP contribution in [0, 0.1) is 0 Å². The number of nitrogens with one attached hydrogen (secondary N) is 1. The first-order valence-corrected chi connectivity index (χ1v) is 6.70. The van der Waals surface area contributed by atoms with Crippen molar-refractivity contribution in [2.75, 3.05) is 13.7 Å². The second-order valence-corrected chi connectivity index (χ2v) is 5.98. The molecule has 0 saturated heterocycles. The van der Waals surface area contributed by atoms with E-state index in [2.05, 4.69) is 49.7 Å². The molecule has 0 amide bonds. The summed E-state index contributed by atoms with van der Waals surface area (Å²) in [5, 5.41) is 7.89. The summed E-state index contributed by atoms with van der Waals surface area (Å²) in [6.45, 7) is 11.9. The predicted molar refractivity (Wildman–Crippen MR) is 75.2 cm³/mol. The van der Waals surface area contributed by atoms with Crippen molar-refractivity contribution in [2.24, 2.45) is 0 Å². The van der Waals surface area contributed by atoms with E-state index in [-0.39, 0.29) is 5.54 Å². The van der Waals surface area contributed by atoms with Crippen LogP contribution in [0.2, 0.25) is 0 Å². The molecule has 0 aromatic carbocycles. The van der Waals surface area contributed by atoms with E-state index in [9.17, 15) is 0 Å². The normalized spacial score (nSPS) is 12.2. The van der Waals surface area contributed by atoms with Crippen molar-refractivity contribution >= 4 is 0 Å². The van der Waals surface area contributed by atoms with Crippen LogP contribution in [-0.2, 0) is 6.42 Å². The molecule has 0 bridgehead atoms. The van der Waals surface area contributed by atoms with Gasteiger partial charge in [0.05, 0.1) is 19.0 Å². The molecule has 0 spiro atoms. The molecule has 0 aliphatic rings. The Morgan fingerprint density at radius 3 is 2.56 bits per heavy atom. The van der Waals surface area contributed by atoms with Gasteiger partial charge in [-0.25, -0.2) is 0 Å². The van der Waals surface area contributed by atoms with E-state index in [1.54, 1.807) is 7.11 Å². The zero-order valence-electron chi connectivity index (χ0n) is 12.6. The van der Waals surface area contributed by atoms with Crippen molar-refractivity contribution in [3.63, 3.8) is 0 Å². The molecular weight excluding hydrogens is 226 g/mol. The zero-order valence-corrected chi connectivity index (χ0v) is 12.6. The van der Waals surface area contributed by atoms with E-state index in [1.807, 2.05) is 6.20 Å². The molecule has 1 aromatic heterocycles. The fourth-order valence-electron chi connectivity index (χ4n) is 1.94. The van der Waals surface area contributed by atoms with Gasteiger partial charge in [0.25, 0.3) is 0 Å². The fourth-order valence-corrected chi connectivity index (χ4v) is 1.94. The van der Waals surface area contributed by atoms with Crippen molar-refractivity contribution < 1.29 is 4.74 Å². The largest absolute Gasteiger partial charge is 0.493 e.